The van der Waals surface area contributed by atoms with Gasteiger partial charge in [-0.25, -0.2) is 4.98 Å². The molecule has 31 heavy (non-hydrogen) atoms. The van der Waals surface area contributed by atoms with Crippen LogP contribution in [-0.4, -0.2) is 26.9 Å². The van der Waals surface area contributed by atoms with Gasteiger partial charge in [-0.2, -0.15) is 0 Å². The van der Waals surface area contributed by atoms with E-state index < -0.39 is 0 Å². The molecule has 0 N–H and O–H groups in total. The molecule has 0 aliphatic heterocycles. The topological polar surface area (TPSA) is 83.0 Å². The van der Waals surface area contributed by atoms with Gasteiger partial charge in [0.1, 0.15) is 17.0 Å². The molecular weight excluding hydrogens is 412 g/mol. The first-order chi connectivity index (χ1) is 15.2. The van der Waals surface area contributed by atoms with Gasteiger partial charge in [0.25, 0.3) is 5.56 Å². The van der Waals surface area contributed by atoms with Crippen molar-refractivity contribution in [2.75, 3.05) is 7.11 Å². The van der Waals surface area contributed by atoms with Crippen LogP contribution in [0.3, 0.4) is 0 Å². The van der Waals surface area contributed by atoms with Crippen molar-refractivity contribution in [2.45, 2.75) is 13.0 Å². The smallest absolute Gasteiger partial charge is 0.271 e. The highest BCUT2D eigenvalue weighted by molar-refractivity contribution is 7.22. The number of hydrogen-bond acceptors (Lipinski definition) is 7. The molecule has 0 fully saturated rings. The van der Waals surface area contributed by atoms with Gasteiger partial charge in [-0.1, -0.05) is 30.3 Å². The highest BCUT2D eigenvalue weighted by Crippen LogP contribution is 2.31. The number of thiophene rings is 1. The van der Waals surface area contributed by atoms with Crippen LogP contribution in [0.25, 0.3) is 20.7 Å². The number of fused-ring (bicyclic) bond motifs is 1. The number of methoxy groups -OCH3 is 1. The first-order valence-corrected chi connectivity index (χ1v) is 10.5. The molecule has 3 heterocycles. The molecule has 5 rings (SSSR count). The highest BCUT2D eigenvalue weighted by Gasteiger charge is 2.13. The Morgan fingerprint density at radius 3 is 2.58 bits per heavy atom. The van der Waals surface area contributed by atoms with Crippen molar-refractivity contribution < 1.29 is 9.15 Å². The van der Waals surface area contributed by atoms with E-state index in [-0.39, 0.29) is 12.1 Å². The third-order valence-corrected chi connectivity index (χ3v) is 6.05. The first kappa shape index (κ1) is 19.2. The van der Waals surface area contributed by atoms with Crippen LogP contribution < -0.4 is 10.3 Å². The highest BCUT2D eigenvalue weighted by atomic mass is 32.1. The average Bonchev–Trinajstić information content (AvgIpc) is 3.44. The van der Waals surface area contributed by atoms with Crippen LogP contribution in [0, 0.1) is 0 Å². The maximum absolute atomic E-state index is 13.0. The Bertz CT molecular complexity index is 1390. The predicted molar refractivity (Wildman–Crippen MR) is 119 cm³/mol. The van der Waals surface area contributed by atoms with E-state index in [1.807, 2.05) is 60.7 Å². The quantitative estimate of drug-likeness (QED) is 0.402. The molecule has 2 aromatic carbocycles. The van der Waals surface area contributed by atoms with E-state index in [1.165, 1.54) is 22.2 Å². The van der Waals surface area contributed by atoms with E-state index in [1.54, 1.807) is 7.11 Å². The fourth-order valence-electron chi connectivity index (χ4n) is 3.30. The van der Waals surface area contributed by atoms with Crippen LogP contribution in [0.5, 0.6) is 5.75 Å². The lowest BCUT2D eigenvalue weighted by Gasteiger charge is -2.01. The molecule has 0 aliphatic carbocycles. The molecule has 154 valence electrons. The zero-order chi connectivity index (χ0) is 21.2. The summed E-state index contributed by atoms with van der Waals surface area (Å²) in [7, 11) is 1.63. The second-order valence-corrected chi connectivity index (χ2v) is 8.04. The Labute approximate surface area is 181 Å². The maximum Gasteiger partial charge on any atom is 0.271 e. The van der Waals surface area contributed by atoms with Crippen molar-refractivity contribution in [3.63, 3.8) is 0 Å². The van der Waals surface area contributed by atoms with E-state index in [2.05, 4.69) is 15.2 Å². The largest absolute Gasteiger partial charge is 0.497 e. The van der Waals surface area contributed by atoms with E-state index in [9.17, 15) is 4.79 Å². The summed E-state index contributed by atoms with van der Waals surface area (Å²) in [6.07, 6.45) is 2.08. The van der Waals surface area contributed by atoms with E-state index in [0.717, 1.165) is 21.8 Å². The average molecular weight is 430 g/mol. The van der Waals surface area contributed by atoms with E-state index >= 15 is 0 Å². The Kier molecular flexibility index (Phi) is 5.05. The maximum atomic E-state index is 13.0. The van der Waals surface area contributed by atoms with Crippen molar-refractivity contribution in [1.82, 2.24) is 19.7 Å². The zero-order valence-electron chi connectivity index (χ0n) is 16.7. The van der Waals surface area contributed by atoms with Crippen molar-refractivity contribution in [2.24, 2.45) is 0 Å². The summed E-state index contributed by atoms with van der Waals surface area (Å²) >= 11 is 1.42. The molecule has 3 aromatic heterocycles. The Morgan fingerprint density at radius 2 is 1.81 bits per heavy atom. The van der Waals surface area contributed by atoms with Gasteiger partial charge in [0.2, 0.25) is 11.8 Å². The van der Waals surface area contributed by atoms with E-state index in [0.29, 0.717) is 28.4 Å². The summed E-state index contributed by atoms with van der Waals surface area (Å²) in [6.45, 7) is 0.180. The number of hydrogen-bond donors (Lipinski definition) is 0. The van der Waals surface area contributed by atoms with Gasteiger partial charge in [0.05, 0.1) is 25.4 Å². The SMILES string of the molecule is COc1ccc(-c2cc3ncn(Cc4nnc(Cc5ccccc5)o4)c(=O)c3s2)cc1. The summed E-state index contributed by atoms with van der Waals surface area (Å²) in [5.41, 5.74) is 2.64. The van der Waals surface area contributed by atoms with Gasteiger partial charge in [-0.15, -0.1) is 21.5 Å². The normalized spacial score (nSPS) is 11.1. The number of ether oxygens (including phenoxy) is 1. The Morgan fingerprint density at radius 1 is 1.03 bits per heavy atom. The summed E-state index contributed by atoms with van der Waals surface area (Å²) in [6, 6.07) is 19.6. The summed E-state index contributed by atoms with van der Waals surface area (Å²) in [5, 5.41) is 8.18. The fourth-order valence-corrected chi connectivity index (χ4v) is 4.36. The van der Waals surface area contributed by atoms with Crippen LogP contribution >= 0.6 is 11.3 Å². The number of benzene rings is 2. The van der Waals surface area contributed by atoms with Crippen LogP contribution in [0.15, 0.2) is 76.2 Å². The molecule has 0 aliphatic rings. The second kappa shape index (κ2) is 8.16. The minimum absolute atomic E-state index is 0.127. The van der Waals surface area contributed by atoms with Crippen LogP contribution in [-0.2, 0) is 13.0 Å². The third kappa shape index (κ3) is 3.97. The van der Waals surface area contributed by atoms with Gasteiger partial charge < -0.3 is 9.15 Å². The van der Waals surface area contributed by atoms with E-state index in [4.69, 9.17) is 9.15 Å². The Hall–Kier alpha value is -3.78. The van der Waals surface area contributed by atoms with Crippen LogP contribution in [0.1, 0.15) is 17.3 Å². The summed E-state index contributed by atoms with van der Waals surface area (Å²) in [5.74, 6) is 1.68. The molecule has 0 bridgehead atoms. The molecule has 0 radical (unpaired) electrons. The van der Waals surface area contributed by atoms with Gasteiger partial charge in [0, 0.05) is 4.88 Å². The van der Waals surface area contributed by atoms with Gasteiger partial charge in [-0.3, -0.25) is 9.36 Å². The molecule has 0 saturated heterocycles. The second-order valence-electron chi connectivity index (χ2n) is 6.98. The molecule has 7 nitrogen and oxygen atoms in total. The molecule has 8 heteroatoms. The van der Waals surface area contributed by atoms with Crippen molar-refractivity contribution in [3.05, 3.63) is 94.7 Å². The van der Waals surface area contributed by atoms with Crippen LogP contribution in [0.2, 0.25) is 0 Å². The predicted octanol–water partition coefficient (Wildman–Crippen LogP) is 4.16. The monoisotopic (exact) mass is 430 g/mol. The zero-order valence-corrected chi connectivity index (χ0v) is 17.5. The minimum Gasteiger partial charge on any atom is -0.497 e. The lowest BCUT2D eigenvalue weighted by atomic mass is 10.2. The third-order valence-electron chi connectivity index (χ3n) is 4.89. The van der Waals surface area contributed by atoms with Gasteiger partial charge in [-0.05, 0) is 41.5 Å². The standard InChI is InChI=1S/C23H18N4O3S/c1-29-17-9-7-16(8-10-17)19-12-18-22(31-19)23(28)27(14-24-18)13-21-26-25-20(30-21)11-15-5-3-2-4-6-15/h2-10,12,14H,11,13H2,1H3. The minimum atomic E-state index is -0.127. The lowest BCUT2D eigenvalue weighted by molar-refractivity contribution is 0.415. The Balaban J connectivity index is 1.39. The van der Waals surface area contributed by atoms with Crippen molar-refractivity contribution in [1.29, 1.82) is 0 Å². The van der Waals surface area contributed by atoms with Gasteiger partial charge in [0.15, 0.2) is 0 Å². The molecule has 0 saturated carbocycles. The molecule has 0 atom stereocenters. The summed E-state index contributed by atoms with van der Waals surface area (Å²) in [4.78, 5) is 18.4. The van der Waals surface area contributed by atoms with Gasteiger partial charge >= 0.3 is 0 Å². The number of nitrogens with zero attached hydrogens (tertiary/aromatic N) is 4. The van der Waals surface area contributed by atoms with Crippen molar-refractivity contribution in [3.8, 4) is 16.2 Å². The molecule has 0 spiro atoms. The number of aromatic nitrogens is 4. The summed E-state index contributed by atoms with van der Waals surface area (Å²) < 4.78 is 13.0. The molecule has 0 unspecified atom stereocenters. The number of rotatable bonds is 6. The molecule has 0 amide bonds. The fraction of sp³-hybridized carbons (Fsp3) is 0.130. The van der Waals surface area contributed by atoms with Crippen LogP contribution in [0.4, 0.5) is 0 Å². The molecule has 5 aromatic rings. The molecular formula is C23H18N4O3S. The van der Waals surface area contributed by atoms with Crippen molar-refractivity contribution >= 4 is 21.6 Å². The first-order valence-electron chi connectivity index (χ1n) is 9.68. The lowest BCUT2D eigenvalue weighted by Crippen LogP contribution is -2.20.